The van der Waals surface area contributed by atoms with E-state index in [4.69, 9.17) is 0 Å². The van der Waals surface area contributed by atoms with Crippen molar-refractivity contribution in [3.63, 3.8) is 0 Å². The molecule has 0 unspecified atom stereocenters. The van der Waals surface area contributed by atoms with E-state index in [1.165, 1.54) is 0 Å². The Morgan fingerprint density at radius 3 is 1.80 bits per heavy atom. The first kappa shape index (κ1) is 15.0. The molecule has 2 rings (SSSR count). The fourth-order valence-electron chi connectivity index (χ4n) is 2.09. The van der Waals surface area contributed by atoms with Crippen LogP contribution in [0.1, 0.15) is 13.3 Å². The molecular weight excluding hydrogens is 269 g/mol. The third-order valence-corrected chi connectivity index (χ3v) is 6.10. The van der Waals surface area contributed by atoms with Crippen molar-refractivity contribution in [1.29, 1.82) is 0 Å². The minimum atomic E-state index is -2.92. The number of benzene rings is 2. The minimum Gasteiger partial charge on any atom is -0.395 e. The summed E-state index contributed by atoms with van der Waals surface area (Å²) in [4.78, 5) is 0. The van der Waals surface area contributed by atoms with E-state index >= 15 is 0 Å². The van der Waals surface area contributed by atoms with Crippen molar-refractivity contribution in [2.75, 3.05) is 6.61 Å². The van der Waals surface area contributed by atoms with E-state index in [0.717, 1.165) is 17.0 Å². The Morgan fingerprint density at radius 1 is 1.00 bits per heavy atom. The van der Waals surface area contributed by atoms with Gasteiger partial charge in [-0.25, -0.2) is 0 Å². The second-order valence-electron chi connectivity index (χ2n) is 4.70. The number of nitrogens with one attached hydrogen (secondary N) is 1. The highest BCUT2D eigenvalue weighted by atomic mass is 31.2. The number of hydrogen-bond donors (Lipinski definition) is 2. The summed E-state index contributed by atoms with van der Waals surface area (Å²) in [5.74, 6) is 0. The third kappa shape index (κ3) is 3.18. The average Bonchev–Trinajstić information content (AvgIpc) is 2.54. The molecule has 2 aromatic carbocycles. The zero-order chi connectivity index (χ0) is 14.4. The summed E-state index contributed by atoms with van der Waals surface area (Å²) in [7, 11) is -2.92. The molecule has 1 atom stereocenters. The number of hydrogen-bond acceptors (Lipinski definition) is 2. The van der Waals surface area contributed by atoms with Gasteiger partial charge in [0.15, 0.2) is 0 Å². The van der Waals surface area contributed by atoms with Crippen molar-refractivity contribution in [3.05, 3.63) is 60.7 Å². The van der Waals surface area contributed by atoms with Gasteiger partial charge in [-0.1, -0.05) is 43.3 Å². The van der Waals surface area contributed by atoms with E-state index < -0.39 is 7.29 Å². The van der Waals surface area contributed by atoms with E-state index in [2.05, 4.69) is 5.09 Å². The van der Waals surface area contributed by atoms with E-state index in [0.29, 0.717) is 0 Å². The van der Waals surface area contributed by atoms with Crippen LogP contribution in [0, 0.1) is 0 Å². The van der Waals surface area contributed by atoms with Gasteiger partial charge >= 0.3 is 0 Å². The molecule has 0 radical (unpaired) electrons. The second kappa shape index (κ2) is 6.85. The van der Waals surface area contributed by atoms with Crippen molar-refractivity contribution < 1.29 is 9.67 Å². The van der Waals surface area contributed by atoms with Gasteiger partial charge in [-0.2, -0.15) is 0 Å². The summed E-state index contributed by atoms with van der Waals surface area (Å²) < 4.78 is 13.5. The second-order valence-corrected chi connectivity index (χ2v) is 7.21. The molecular formula is C16H20NO2P. The molecule has 0 aromatic heterocycles. The molecule has 0 aliphatic carbocycles. The monoisotopic (exact) mass is 289 g/mol. The molecule has 0 fully saturated rings. The van der Waals surface area contributed by atoms with Crippen LogP contribution in [0.4, 0.5) is 0 Å². The van der Waals surface area contributed by atoms with Crippen LogP contribution in [-0.2, 0) is 4.57 Å². The summed E-state index contributed by atoms with van der Waals surface area (Å²) in [5, 5.41) is 14.1. The lowest BCUT2D eigenvalue weighted by Crippen LogP contribution is -2.36. The highest BCUT2D eigenvalue weighted by Gasteiger charge is 2.29. The molecule has 106 valence electrons. The summed E-state index contributed by atoms with van der Waals surface area (Å²) in [6.45, 7) is 1.94. The number of aliphatic hydroxyl groups excluding tert-OH is 1. The Hall–Kier alpha value is -1.41. The molecule has 0 spiro atoms. The van der Waals surface area contributed by atoms with Crippen molar-refractivity contribution in [2.24, 2.45) is 0 Å². The zero-order valence-corrected chi connectivity index (χ0v) is 12.5. The highest BCUT2D eigenvalue weighted by molar-refractivity contribution is 7.76. The minimum absolute atomic E-state index is 0.0276. The Bertz CT molecular complexity index is 524. The molecule has 0 bridgehead atoms. The lowest BCUT2D eigenvalue weighted by atomic mass is 10.3. The molecule has 0 saturated heterocycles. The highest BCUT2D eigenvalue weighted by Crippen LogP contribution is 2.39. The fourth-order valence-corrected chi connectivity index (χ4v) is 4.65. The van der Waals surface area contributed by atoms with Gasteiger partial charge in [0.1, 0.15) is 0 Å². The average molecular weight is 289 g/mol. The molecule has 0 aliphatic heterocycles. The maximum atomic E-state index is 13.5. The predicted molar refractivity (Wildman–Crippen MR) is 84.1 cm³/mol. The van der Waals surface area contributed by atoms with Gasteiger partial charge in [-0.05, 0) is 30.7 Å². The predicted octanol–water partition coefficient (Wildman–Crippen LogP) is 2.28. The number of aliphatic hydroxyl groups is 1. The van der Waals surface area contributed by atoms with Crippen LogP contribution in [0.3, 0.4) is 0 Å². The van der Waals surface area contributed by atoms with Gasteiger partial charge in [-0.15, -0.1) is 0 Å². The van der Waals surface area contributed by atoms with Gasteiger partial charge in [0.2, 0.25) is 7.29 Å². The standard InChI is InChI=1S/C16H20NO2P/c1-2-14(13-18)17-20(19,15-9-5-3-6-10-15)16-11-7-4-8-12-16/h3-12,14,18H,2,13H2,1H3,(H,17,19)/t14-/m0/s1. The summed E-state index contributed by atoms with van der Waals surface area (Å²) in [5.41, 5.74) is 0. The molecule has 2 aromatic rings. The Labute approximate surface area is 120 Å². The summed E-state index contributed by atoms with van der Waals surface area (Å²) in [6.07, 6.45) is 0.722. The van der Waals surface area contributed by atoms with Crippen LogP contribution in [0.25, 0.3) is 0 Å². The molecule has 3 nitrogen and oxygen atoms in total. The van der Waals surface area contributed by atoms with Crippen molar-refractivity contribution in [1.82, 2.24) is 5.09 Å². The lowest BCUT2D eigenvalue weighted by molar-refractivity contribution is 0.254. The molecule has 4 heteroatoms. The largest absolute Gasteiger partial charge is 0.395 e. The van der Waals surface area contributed by atoms with Crippen LogP contribution in [0.15, 0.2) is 60.7 Å². The molecule has 0 saturated carbocycles. The van der Waals surface area contributed by atoms with Gasteiger partial charge < -0.3 is 5.11 Å². The van der Waals surface area contributed by atoms with Crippen LogP contribution in [-0.4, -0.2) is 17.8 Å². The maximum absolute atomic E-state index is 13.5. The van der Waals surface area contributed by atoms with Crippen LogP contribution >= 0.6 is 7.29 Å². The third-order valence-electron chi connectivity index (χ3n) is 3.32. The fraction of sp³-hybridized carbons (Fsp3) is 0.250. The molecule has 0 amide bonds. The Balaban J connectivity index is 2.47. The van der Waals surface area contributed by atoms with E-state index in [9.17, 15) is 9.67 Å². The van der Waals surface area contributed by atoms with Crippen LogP contribution in [0.2, 0.25) is 0 Å². The molecule has 0 aliphatic rings. The van der Waals surface area contributed by atoms with Crippen LogP contribution in [0.5, 0.6) is 0 Å². The van der Waals surface area contributed by atoms with E-state index in [1.807, 2.05) is 67.6 Å². The van der Waals surface area contributed by atoms with E-state index in [-0.39, 0.29) is 12.6 Å². The molecule has 2 N–H and O–H groups in total. The number of rotatable bonds is 6. The van der Waals surface area contributed by atoms with Gasteiger partial charge in [0, 0.05) is 16.7 Å². The summed E-state index contributed by atoms with van der Waals surface area (Å²) in [6, 6.07) is 18.6. The van der Waals surface area contributed by atoms with Crippen LogP contribution < -0.4 is 15.7 Å². The Kier molecular flexibility index (Phi) is 5.13. The first-order chi connectivity index (χ1) is 9.70. The normalized spacial score (nSPS) is 13.1. The first-order valence-electron chi connectivity index (χ1n) is 6.80. The first-order valence-corrected chi connectivity index (χ1v) is 8.51. The maximum Gasteiger partial charge on any atom is 0.204 e. The Morgan fingerprint density at radius 2 is 1.45 bits per heavy atom. The van der Waals surface area contributed by atoms with Crippen molar-refractivity contribution >= 4 is 17.9 Å². The summed E-state index contributed by atoms with van der Waals surface area (Å²) >= 11 is 0. The van der Waals surface area contributed by atoms with Gasteiger partial charge in [0.05, 0.1) is 6.61 Å². The van der Waals surface area contributed by atoms with E-state index in [1.54, 1.807) is 0 Å². The zero-order valence-electron chi connectivity index (χ0n) is 11.6. The lowest BCUT2D eigenvalue weighted by Gasteiger charge is -2.25. The molecule has 0 heterocycles. The van der Waals surface area contributed by atoms with Gasteiger partial charge in [-0.3, -0.25) is 9.65 Å². The SMILES string of the molecule is CC[C@@H](CO)NP(=O)(c1ccccc1)c1ccccc1. The van der Waals surface area contributed by atoms with Gasteiger partial charge in [0.25, 0.3) is 0 Å². The van der Waals surface area contributed by atoms with Crippen molar-refractivity contribution in [2.45, 2.75) is 19.4 Å². The smallest absolute Gasteiger partial charge is 0.204 e. The topological polar surface area (TPSA) is 49.3 Å². The van der Waals surface area contributed by atoms with Crippen molar-refractivity contribution in [3.8, 4) is 0 Å². The quantitative estimate of drug-likeness (QED) is 0.802. The molecule has 20 heavy (non-hydrogen) atoms.